The van der Waals surface area contributed by atoms with Crippen molar-refractivity contribution in [2.75, 3.05) is 10.6 Å². The van der Waals surface area contributed by atoms with Crippen LogP contribution in [0.4, 0.5) is 25.0 Å². The second kappa shape index (κ2) is 6.21. The molecule has 0 saturated heterocycles. The standard InChI is InChI=1S/C15H15F2N3O/c1-9(12-3-2-4-13(16)14(12)17)19-10-5-7-11(8-6-10)20-15(18)21/h2-9,19H,1H3,(H3,18,20,21). The molecule has 0 aliphatic heterocycles. The molecule has 4 N–H and O–H groups in total. The lowest BCUT2D eigenvalue weighted by molar-refractivity contribution is 0.259. The number of anilines is 2. The van der Waals surface area contributed by atoms with Crippen molar-refractivity contribution in [2.24, 2.45) is 5.73 Å². The van der Waals surface area contributed by atoms with Crippen molar-refractivity contribution >= 4 is 17.4 Å². The molecular weight excluding hydrogens is 276 g/mol. The molecule has 0 spiro atoms. The van der Waals surface area contributed by atoms with Gasteiger partial charge in [0.05, 0.1) is 6.04 Å². The van der Waals surface area contributed by atoms with E-state index in [2.05, 4.69) is 10.6 Å². The van der Waals surface area contributed by atoms with Crippen molar-refractivity contribution in [1.29, 1.82) is 0 Å². The molecule has 2 aromatic rings. The number of hydrogen-bond donors (Lipinski definition) is 3. The SMILES string of the molecule is CC(Nc1ccc(NC(N)=O)cc1)c1cccc(F)c1F. The maximum absolute atomic E-state index is 13.7. The molecule has 21 heavy (non-hydrogen) atoms. The predicted octanol–water partition coefficient (Wildman–Crippen LogP) is 3.63. The summed E-state index contributed by atoms with van der Waals surface area (Å²) in [6.45, 7) is 1.73. The van der Waals surface area contributed by atoms with Gasteiger partial charge in [0.2, 0.25) is 0 Å². The number of amides is 2. The lowest BCUT2D eigenvalue weighted by atomic mass is 10.1. The van der Waals surface area contributed by atoms with Crippen molar-refractivity contribution in [3.05, 3.63) is 59.7 Å². The summed E-state index contributed by atoms with van der Waals surface area (Å²) in [4.78, 5) is 10.7. The zero-order chi connectivity index (χ0) is 15.4. The number of nitrogens with two attached hydrogens (primary N) is 1. The Kier molecular flexibility index (Phi) is 4.37. The first-order valence-corrected chi connectivity index (χ1v) is 6.34. The van der Waals surface area contributed by atoms with Gasteiger partial charge in [-0.1, -0.05) is 12.1 Å². The molecule has 0 aliphatic rings. The van der Waals surface area contributed by atoms with Crippen LogP contribution >= 0.6 is 0 Å². The second-order valence-corrected chi connectivity index (χ2v) is 4.58. The first-order chi connectivity index (χ1) is 9.97. The predicted molar refractivity (Wildman–Crippen MR) is 78.0 cm³/mol. The van der Waals surface area contributed by atoms with Crippen LogP contribution in [0.1, 0.15) is 18.5 Å². The molecule has 2 aromatic carbocycles. The monoisotopic (exact) mass is 291 g/mol. The average Bonchev–Trinajstić information content (AvgIpc) is 2.43. The number of primary amides is 1. The van der Waals surface area contributed by atoms with Gasteiger partial charge in [0.1, 0.15) is 0 Å². The third-order valence-electron chi connectivity index (χ3n) is 2.98. The molecule has 0 radical (unpaired) electrons. The summed E-state index contributed by atoms with van der Waals surface area (Å²) >= 11 is 0. The zero-order valence-corrected chi connectivity index (χ0v) is 11.4. The Hall–Kier alpha value is -2.63. The van der Waals surface area contributed by atoms with Crippen LogP contribution in [0.3, 0.4) is 0 Å². The number of carbonyl (C=O) groups excluding carboxylic acids is 1. The Labute approximate surface area is 121 Å². The van der Waals surface area contributed by atoms with Gasteiger partial charge in [-0.2, -0.15) is 0 Å². The molecule has 0 aromatic heterocycles. The summed E-state index contributed by atoms with van der Waals surface area (Å²) in [5.41, 5.74) is 6.51. The fourth-order valence-corrected chi connectivity index (χ4v) is 1.97. The minimum absolute atomic E-state index is 0.245. The first kappa shape index (κ1) is 14.8. The summed E-state index contributed by atoms with van der Waals surface area (Å²) in [5.74, 6) is -1.73. The fourth-order valence-electron chi connectivity index (χ4n) is 1.97. The number of halogens is 2. The molecule has 0 saturated carbocycles. The second-order valence-electron chi connectivity index (χ2n) is 4.58. The van der Waals surface area contributed by atoms with E-state index in [9.17, 15) is 13.6 Å². The molecule has 4 nitrogen and oxygen atoms in total. The van der Waals surface area contributed by atoms with Crippen molar-refractivity contribution < 1.29 is 13.6 Å². The number of nitrogens with one attached hydrogen (secondary N) is 2. The molecule has 110 valence electrons. The Morgan fingerprint density at radius 3 is 2.33 bits per heavy atom. The van der Waals surface area contributed by atoms with Gasteiger partial charge in [0.25, 0.3) is 0 Å². The number of benzene rings is 2. The first-order valence-electron chi connectivity index (χ1n) is 6.34. The van der Waals surface area contributed by atoms with E-state index < -0.39 is 23.7 Å². The van der Waals surface area contributed by atoms with Gasteiger partial charge >= 0.3 is 6.03 Å². The van der Waals surface area contributed by atoms with Crippen LogP contribution in [0.25, 0.3) is 0 Å². The van der Waals surface area contributed by atoms with Gasteiger partial charge in [-0.15, -0.1) is 0 Å². The molecule has 2 amide bonds. The van der Waals surface area contributed by atoms with Gasteiger partial charge in [0.15, 0.2) is 11.6 Å². The smallest absolute Gasteiger partial charge is 0.316 e. The van der Waals surface area contributed by atoms with E-state index in [-0.39, 0.29) is 5.56 Å². The van der Waals surface area contributed by atoms with E-state index in [0.29, 0.717) is 11.4 Å². The topological polar surface area (TPSA) is 67.2 Å². The highest BCUT2D eigenvalue weighted by Gasteiger charge is 2.13. The summed E-state index contributed by atoms with van der Waals surface area (Å²) in [7, 11) is 0. The van der Waals surface area contributed by atoms with Crippen LogP contribution in [0.15, 0.2) is 42.5 Å². The van der Waals surface area contributed by atoms with Crippen molar-refractivity contribution in [2.45, 2.75) is 13.0 Å². The molecule has 0 aliphatic carbocycles. The molecular formula is C15H15F2N3O. The van der Waals surface area contributed by atoms with Gasteiger partial charge in [-0.25, -0.2) is 13.6 Å². The number of carbonyl (C=O) groups is 1. The summed E-state index contributed by atoms with van der Waals surface area (Å²) < 4.78 is 26.9. The van der Waals surface area contributed by atoms with Crippen molar-refractivity contribution in [1.82, 2.24) is 0 Å². The van der Waals surface area contributed by atoms with Crippen LogP contribution in [0.5, 0.6) is 0 Å². The third-order valence-corrected chi connectivity index (χ3v) is 2.98. The molecule has 0 fully saturated rings. The minimum Gasteiger partial charge on any atom is -0.378 e. The van der Waals surface area contributed by atoms with E-state index in [4.69, 9.17) is 5.73 Å². The van der Waals surface area contributed by atoms with Crippen LogP contribution in [0, 0.1) is 11.6 Å². The largest absolute Gasteiger partial charge is 0.378 e. The summed E-state index contributed by atoms with van der Waals surface area (Å²) in [5, 5.41) is 5.49. The van der Waals surface area contributed by atoms with E-state index >= 15 is 0 Å². The highest BCUT2D eigenvalue weighted by molar-refractivity contribution is 5.87. The maximum atomic E-state index is 13.7. The quantitative estimate of drug-likeness (QED) is 0.805. The number of hydrogen-bond acceptors (Lipinski definition) is 2. The van der Waals surface area contributed by atoms with E-state index in [1.54, 1.807) is 31.2 Å². The number of urea groups is 1. The molecule has 6 heteroatoms. The van der Waals surface area contributed by atoms with Crippen LogP contribution in [-0.4, -0.2) is 6.03 Å². The molecule has 2 rings (SSSR count). The van der Waals surface area contributed by atoms with Gasteiger partial charge in [-0.3, -0.25) is 0 Å². The Morgan fingerprint density at radius 1 is 1.10 bits per heavy atom. The van der Waals surface area contributed by atoms with Crippen molar-refractivity contribution in [3.8, 4) is 0 Å². The lowest BCUT2D eigenvalue weighted by Gasteiger charge is -2.17. The van der Waals surface area contributed by atoms with Crippen LogP contribution < -0.4 is 16.4 Å². The molecule has 1 atom stereocenters. The zero-order valence-electron chi connectivity index (χ0n) is 11.4. The maximum Gasteiger partial charge on any atom is 0.316 e. The third kappa shape index (κ3) is 3.68. The molecule has 0 heterocycles. The Balaban J connectivity index is 2.10. The minimum atomic E-state index is -0.873. The average molecular weight is 291 g/mol. The molecule has 1 unspecified atom stereocenters. The molecule has 0 bridgehead atoms. The highest BCUT2D eigenvalue weighted by Crippen LogP contribution is 2.23. The summed E-state index contributed by atoms with van der Waals surface area (Å²) in [6.07, 6.45) is 0. The van der Waals surface area contributed by atoms with Gasteiger partial charge in [-0.05, 0) is 37.3 Å². The van der Waals surface area contributed by atoms with Crippen LogP contribution in [0.2, 0.25) is 0 Å². The Bertz CT molecular complexity index is 644. The van der Waals surface area contributed by atoms with Gasteiger partial charge < -0.3 is 16.4 Å². The summed E-state index contributed by atoms with van der Waals surface area (Å²) in [6, 6.07) is 9.74. The van der Waals surface area contributed by atoms with Gasteiger partial charge in [0, 0.05) is 16.9 Å². The van der Waals surface area contributed by atoms with E-state index in [1.807, 2.05) is 0 Å². The highest BCUT2D eigenvalue weighted by atomic mass is 19.2. The number of rotatable bonds is 4. The Morgan fingerprint density at radius 2 is 1.71 bits per heavy atom. The lowest BCUT2D eigenvalue weighted by Crippen LogP contribution is -2.19. The van der Waals surface area contributed by atoms with E-state index in [0.717, 1.165) is 6.07 Å². The van der Waals surface area contributed by atoms with E-state index in [1.165, 1.54) is 12.1 Å². The van der Waals surface area contributed by atoms with Crippen molar-refractivity contribution in [3.63, 3.8) is 0 Å². The fraction of sp³-hybridized carbons (Fsp3) is 0.133. The normalized spacial score (nSPS) is 11.8. The van der Waals surface area contributed by atoms with Crippen LogP contribution in [-0.2, 0) is 0 Å².